The SMILES string of the molecule is OCc1nnc(-c2ccc(Cl)cc2F)n1C1CC1. The summed E-state index contributed by atoms with van der Waals surface area (Å²) >= 11 is 5.73. The summed E-state index contributed by atoms with van der Waals surface area (Å²) in [6, 6.07) is 4.72. The summed E-state index contributed by atoms with van der Waals surface area (Å²) in [5.41, 5.74) is 0.360. The molecule has 0 saturated heterocycles. The van der Waals surface area contributed by atoms with Gasteiger partial charge in [0.25, 0.3) is 0 Å². The third kappa shape index (κ3) is 1.89. The van der Waals surface area contributed by atoms with E-state index in [4.69, 9.17) is 11.6 Å². The third-order valence-corrected chi connectivity index (χ3v) is 3.23. The van der Waals surface area contributed by atoms with Gasteiger partial charge in [0.05, 0.1) is 5.56 Å². The number of nitrogens with zero attached hydrogens (tertiary/aromatic N) is 3. The van der Waals surface area contributed by atoms with Crippen molar-refractivity contribution in [2.45, 2.75) is 25.5 Å². The minimum atomic E-state index is -0.429. The van der Waals surface area contributed by atoms with Crippen LogP contribution in [0.15, 0.2) is 18.2 Å². The molecule has 0 spiro atoms. The first-order valence-corrected chi connectivity index (χ1v) is 6.08. The quantitative estimate of drug-likeness (QED) is 0.930. The number of aliphatic hydroxyl groups excluding tert-OH is 1. The first-order valence-electron chi connectivity index (χ1n) is 5.70. The normalized spacial score (nSPS) is 15.1. The van der Waals surface area contributed by atoms with Crippen molar-refractivity contribution in [3.8, 4) is 11.4 Å². The molecular weight excluding hydrogens is 257 g/mol. The fourth-order valence-electron chi connectivity index (χ4n) is 2.00. The molecule has 2 aromatic rings. The highest BCUT2D eigenvalue weighted by Crippen LogP contribution is 2.39. The number of benzene rings is 1. The van der Waals surface area contributed by atoms with E-state index in [1.54, 1.807) is 12.1 Å². The van der Waals surface area contributed by atoms with Gasteiger partial charge in [-0.25, -0.2) is 4.39 Å². The maximum absolute atomic E-state index is 13.9. The summed E-state index contributed by atoms with van der Waals surface area (Å²) in [7, 11) is 0. The number of aromatic nitrogens is 3. The van der Waals surface area contributed by atoms with E-state index in [0.29, 0.717) is 22.2 Å². The predicted molar refractivity (Wildman–Crippen MR) is 64.6 cm³/mol. The highest BCUT2D eigenvalue weighted by molar-refractivity contribution is 6.30. The standard InChI is InChI=1S/C12H11ClFN3O/c13-7-1-4-9(10(14)5-7)12-16-15-11(6-18)17(12)8-2-3-8/h1,4-5,8,18H,2-3,6H2. The lowest BCUT2D eigenvalue weighted by molar-refractivity contribution is 0.265. The molecule has 1 aromatic carbocycles. The second-order valence-corrected chi connectivity index (χ2v) is 4.76. The zero-order valence-corrected chi connectivity index (χ0v) is 10.2. The van der Waals surface area contributed by atoms with Crippen molar-refractivity contribution in [2.75, 3.05) is 0 Å². The Kier molecular flexibility index (Phi) is 2.80. The van der Waals surface area contributed by atoms with Crippen LogP contribution < -0.4 is 0 Å². The lowest BCUT2D eigenvalue weighted by atomic mass is 10.2. The number of rotatable bonds is 3. The molecule has 18 heavy (non-hydrogen) atoms. The van der Waals surface area contributed by atoms with Gasteiger partial charge in [-0.15, -0.1) is 10.2 Å². The lowest BCUT2D eigenvalue weighted by Crippen LogP contribution is -2.04. The van der Waals surface area contributed by atoms with Crippen molar-refractivity contribution in [1.82, 2.24) is 14.8 Å². The Morgan fingerprint density at radius 2 is 2.17 bits per heavy atom. The van der Waals surface area contributed by atoms with Gasteiger partial charge < -0.3 is 9.67 Å². The minimum Gasteiger partial charge on any atom is -0.388 e. The van der Waals surface area contributed by atoms with Crippen LogP contribution in [0.5, 0.6) is 0 Å². The number of halogens is 2. The molecule has 3 rings (SSSR count). The van der Waals surface area contributed by atoms with Gasteiger partial charge in [0, 0.05) is 11.1 Å². The van der Waals surface area contributed by atoms with Crippen LogP contribution in [0.1, 0.15) is 24.7 Å². The van der Waals surface area contributed by atoms with Crippen LogP contribution >= 0.6 is 11.6 Å². The molecule has 1 fully saturated rings. The maximum atomic E-state index is 13.9. The molecule has 6 heteroatoms. The van der Waals surface area contributed by atoms with E-state index in [1.807, 2.05) is 4.57 Å². The van der Waals surface area contributed by atoms with Gasteiger partial charge in [-0.05, 0) is 31.0 Å². The molecule has 0 unspecified atom stereocenters. The Labute approximate surface area is 108 Å². The fraction of sp³-hybridized carbons (Fsp3) is 0.333. The molecule has 0 aliphatic heterocycles. The van der Waals surface area contributed by atoms with E-state index in [-0.39, 0.29) is 12.6 Å². The average molecular weight is 268 g/mol. The van der Waals surface area contributed by atoms with E-state index >= 15 is 0 Å². The molecule has 1 saturated carbocycles. The van der Waals surface area contributed by atoms with Gasteiger partial charge in [0.2, 0.25) is 0 Å². The van der Waals surface area contributed by atoms with Crippen LogP contribution in [0.4, 0.5) is 4.39 Å². The van der Waals surface area contributed by atoms with Crippen LogP contribution in [-0.2, 0) is 6.61 Å². The minimum absolute atomic E-state index is 0.196. The topological polar surface area (TPSA) is 50.9 Å². The Morgan fingerprint density at radius 1 is 1.39 bits per heavy atom. The van der Waals surface area contributed by atoms with E-state index in [2.05, 4.69) is 10.2 Å². The molecule has 1 aliphatic carbocycles. The highest BCUT2D eigenvalue weighted by Gasteiger charge is 2.30. The van der Waals surface area contributed by atoms with Crippen LogP contribution in [0.3, 0.4) is 0 Å². The zero-order chi connectivity index (χ0) is 12.7. The van der Waals surface area contributed by atoms with Gasteiger partial charge in [-0.2, -0.15) is 0 Å². The number of hydrogen-bond donors (Lipinski definition) is 1. The molecule has 0 radical (unpaired) electrons. The smallest absolute Gasteiger partial charge is 0.167 e. The van der Waals surface area contributed by atoms with Crippen LogP contribution in [0.2, 0.25) is 5.02 Å². The summed E-state index contributed by atoms with van der Waals surface area (Å²) in [5.74, 6) is 0.499. The van der Waals surface area contributed by atoms with Crippen molar-refractivity contribution in [1.29, 1.82) is 0 Å². The molecular formula is C12H11ClFN3O. The van der Waals surface area contributed by atoms with Gasteiger partial charge in [0.15, 0.2) is 11.6 Å². The van der Waals surface area contributed by atoms with Gasteiger partial charge >= 0.3 is 0 Å². The summed E-state index contributed by atoms with van der Waals surface area (Å²) in [4.78, 5) is 0. The van der Waals surface area contributed by atoms with E-state index in [0.717, 1.165) is 12.8 Å². The Morgan fingerprint density at radius 3 is 2.78 bits per heavy atom. The largest absolute Gasteiger partial charge is 0.388 e. The van der Waals surface area contributed by atoms with Crippen molar-refractivity contribution < 1.29 is 9.50 Å². The molecule has 0 amide bonds. The highest BCUT2D eigenvalue weighted by atomic mass is 35.5. The van der Waals surface area contributed by atoms with Crippen molar-refractivity contribution in [2.24, 2.45) is 0 Å². The second-order valence-electron chi connectivity index (χ2n) is 4.32. The third-order valence-electron chi connectivity index (χ3n) is 2.99. The van der Waals surface area contributed by atoms with E-state index in [9.17, 15) is 9.50 Å². The molecule has 1 N–H and O–H groups in total. The first-order chi connectivity index (χ1) is 8.70. The summed E-state index contributed by atoms with van der Waals surface area (Å²) in [6.45, 7) is -0.196. The molecule has 1 heterocycles. The van der Waals surface area contributed by atoms with Gasteiger partial charge in [-0.3, -0.25) is 0 Å². The fourth-order valence-corrected chi connectivity index (χ4v) is 2.16. The van der Waals surface area contributed by atoms with Gasteiger partial charge in [-0.1, -0.05) is 11.6 Å². The number of aliphatic hydroxyl groups is 1. The zero-order valence-electron chi connectivity index (χ0n) is 9.48. The number of hydrogen-bond acceptors (Lipinski definition) is 3. The van der Waals surface area contributed by atoms with Crippen molar-refractivity contribution in [3.05, 3.63) is 34.9 Å². The summed E-state index contributed by atoms with van der Waals surface area (Å²) in [5, 5.41) is 17.5. The second kappa shape index (κ2) is 4.33. The molecule has 4 nitrogen and oxygen atoms in total. The molecule has 94 valence electrons. The summed E-state index contributed by atoms with van der Waals surface area (Å²) < 4.78 is 15.7. The van der Waals surface area contributed by atoms with Crippen molar-refractivity contribution >= 4 is 11.6 Å². The van der Waals surface area contributed by atoms with Crippen LogP contribution in [0, 0.1) is 5.82 Å². The summed E-state index contributed by atoms with van der Waals surface area (Å²) in [6.07, 6.45) is 2.01. The van der Waals surface area contributed by atoms with E-state index in [1.165, 1.54) is 6.07 Å². The van der Waals surface area contributed by atoms with Gasteiger partial charge in [0.1, 0.15) is 12.4 Å². The Balaban J connectivity index is 2.13. The Hall–Kier alpha value is -1.46. The Bertz CT molecular complexity index is 595. The first kappa shape index (κ1) is 11.6. The van der Waals surface area contributed by atoms with Crippen molar-refractivity contribution in [3.63, 3.8) is 0 Å². The molecule has 0 atom stereocenters. The predicted octanol–water partition coefficient (Wildman–Crippen LogP) is 2.56. The average Bonchev–Trinajstić information content (AvgIpc) is 3.09. The molecule has 1 aromatic heterocycles. The molecule has 1 aliphatic rings. The maximum Gasteiger partial charge on any atom is 0.167 e. The molecule has 0 bridgehead atoms. The van der Waals surface area contributed by atoms with Crippen LogP contribution in [-0.4, -0.2) is 19.9 Å². The van der Waals surface area contributed by atoms with Crippen LogP contribution in [0.25, 0.3) is 11.4 Å². The van der Waals surface area contributed by atoms with E-state index < -0.39 is 5.82 Å². The lowest BCUT2D eigenvalue weighted by Gasteiger charge is -2.08. The monoisotopic (exact) mass is 267 g/mol.